The first kappa shape index (κ1) is 11.0. The fourth-order valence-electron chi connectivity index (χ4n) is 1.74. The van der Waals surface area contributed by atoms with E-state index in [-0.39, 0.29) is 0 Å². The molecule has 0 aliphatic carbocycles. The van der Waals surface area contributed by atoms with Crippen molar-refractivity contribution < 1.29 is 0 Å². The molecule has 0 radical (unpaired) electrons. The quantitative estimate of drug-likeness (QED) is 0.754. The van der Waals surface area contributed by atoms with Gasteiger partial charge in [-0.05, 0) is 24.1 Å². The number of rotatable bonds is 1. The second-order valence-electron chi connectivity index (χ2n) is 3.71. The van der Waals surface area contributed by atoms with Gasteiger partial charge in [-0.3, -0.25) is 5.01 Å². The SMILES string of the molecule is C=C1C(Cl)=CC(C)=C(c2ccccc2)N1N. The van der Waals surface area contributed by atoms with E-state index >= 15 is 0 Å². The Kier molecular flexibility index (Phi) is 2.86. The molecule has 0 amide bonds. The summed E-state index contributed by atoms with van der Waals surface area (Å²) in [6, 6.07) is 9.96. The summed E-state index contributed by atoms with van der Waals surface area (Å²) in [5.74, 6) is 5.99. The third kappa shape index (κ3) is 1.77. The number of nitrogens with zero attached hydrogens (tertiary/aromatic N) is 1. The lowest BCUT2D eigenvalue weighted by Gasteiger charge is -2.29. The maximum Gasteiger partial charge on any atom is 0.0690 e. The molecule has 0 saturated heterocycles. The van der Waals surface area contributed by atoms with Gasteiger partial charge in [0.15, 0.2) is 0 Å². The minimum absolute atomic E-state index is 0.583. The first-order chi connectivity index (χ1) is 7.61. The first-order valence-electron chi connectivity index (χ1n) is 4.99. The van der Waals surface area contributed by atoms with Gasteiger partial charge in [0.1, 0.15) is 0 Å². The van der Waals surface area contributed by atoms with Crippen LogP contribution in [0.3, 0.4) is 0 Å². The minimum Gasteiger partial charge on any atom is -0.278 e. The van der Waals surface area contributed by atoms with Crippen LogP contribution in [0.4, 0.5) is 0 Å². The van der Waals surface area contributed by atoms with Gasteiger partial charge in [0.05, 0.1) is 16.4 Å². The third-order valence-corrected chi connectivity index (χ3v) is 2.90. The summed E-state index contributed by atoms with van der Waals surface area (Å²) < 4.78 is 0. The predicted octanol–water partition coefficient (Wildman–Crippen LogP) is 3.24. The Hall–Kier alpha value is -1.51. The molecule has 2 N–H and O–H groups in total. The van der Waals surface area contributed by atoms with Crippen molar-refractivity contribution >= 4 is 17.3 Å². The van der Waals surface area contributed by atoms with Crippen molar-refractivity contribution in [2.75, 3.05) is 0 Å². The van der Waals surface area contributed by atoms with Crippen LogP contribution in [0.1, 0.15) is 12.5 Å². The van der Waals surface area contributed by atoms with Crippen LogP contribution in [0, 0.1) is 0 Å². The van der Waals surface area contributed by atoms with Crippen molar-refractivity contribution in [2.24, 2.45) is 5.84 Å². The number of hydrazine groups is 1. The molecule has 0 unspecified atom stereocenters. The average molecular weight is 233 g/mol. The van der Waals surface area contributed by atoms with Gasteiger partial charge in [0.25, 0.3) is 0 Å². The molecular weight excluding hydrogens is 220 g/mol. The van der Waals surface area contributed by atoms with Gasteiger partial charge in [-0.1, -0.05) is 48.5 Å². The van der Waals surface area contributed by atoms with Crippen LogP contribution < -0.4 is 5.84 Å². The molecule has 0 saturated carbocycles. The van der Waals surface area contributed by atoms with Crippen LogP contribution in [-0.2, 0) is 0 Å². The van der Waals surface area contributed by atoms with Crippen LogP contribution in [0.5, 0.6) is 0 Å². The average Bonchev–Trinajstić information content (AvgIpc) is 2.28. The van der Waals surface area contributed by atoms with Gasteiger partial charge in [-0.25, -0.2) is 5.84 Å². The van der Waals surface area contributed by atoms with Crippen molar-refractivity contribution in [3.05, 3.63) is 64.9 Å². The summed E-state index contributed by atoms with van der Waals surface area (Å²) in [4.78, 5) is 0. The van der Waals surface area contributed by atoms with Gasteiger partial charge in [-0.15, -0.1) is 0 Å². The Morgan fingerprint density at radius 1 is 1.25 bits per heavy atom. The van der Waals surface area contributed by atoms with E-state index in [4.69, 9.17) is 17.4 Å². The van der Waals surface area contributed by atoms with Crippen molar-refractivity contribution in [3.63, 3.8) is 0 Å². The minimum atomic E-state index is 0.583. The number of hydrogen-bond donors (Lipinski definition) is 1. The van der Waals surface area contributed by atoms with Crippen LogP contribution in [-0.4, -0.2) is 5.01 Å². The summed E-state index contributed by atoms with van der Waals surface area (Å²) in [7, 11) is 0. The fourth-order valence-corrected chi connectivity index (χ4v) is 2.00. The normalized spacial score (nSPS) is 16.6. The Balaban J connectivity index is 2.55. The van der Waals surface area contributed by atoms with Gasteiger partial charge >= 0.3 is 0 Å². The Morgan fingerprint density at radius 3 is 2.50 bits per heavy atom. The molecule has 0 atom stereocenters. The van der Waals surface area contributed by atoms with E-state index in [0.29, 0.717) is 10.7 Å². The summed E-state index contributed by atoms with van der Waals surface area (Å²) in [5.41, 5.74) is 3.65. The van der Waals surface area contributed by atoms with Crippen molar-refractivity contribution in [1.82, 2.24) is 5.01 Å². The number of nitrogens with two attached hydrogens (primary N) is 1. The van der Waals surface area contributed by atoms with Gasteiger partial charge in [0.2, 0.25) is 0 Å². The smallest absolute Gasteiger partial charge is 0.0690 e. The highest BCUT2D eigenvalue weighted by molar-refractivity contribution is 6.32. The van der Waals surface area contributed by atoms with Gasteiger partial charge in [-0.2, -0.15) is 0 Å². The maximum atomic E-state index is 6.02. The molecule has 2 rings (SSSR count). The molecule has 1 aliphatic rings. The van der Waals surface area contributed by atoms with Crippen LogP contribution in [0.15, 0.2) is 59.3 Å². The topological polar surface area (TPSA) is 29.3 Å². The van der Waals surface area contributed by atoms with Gasteiger partial charge in [0, 0.05) is 0 Å². The molecule has 1 heterocycles. The van der Waals surface area contributed by atoms with E-state index in [1.54, 1.807) is 0 Å². The first-order valence-corrected chi connectivity index (χ1v) is 5.36. The highest BCUT2D eigenvalue weighted by Gasteiger charge is 2.20. The molecule has 0 spiro atoms. The molecule has 82 valence electrons. The van der Waals surface area contributed by atoms with Crippen LogP contribution in [0.25, 0.3) is 5.70 Å². The number of halogens is 1. The molecule has 0 bridgehead atoms. The molecule has 2 nitrogen and oxygen atoms in total. The summed E-state index contributed by atoms with van der Waals surface area (Å²) in [5, 5.41) is 2.12. The largest absolute Gasteiger partial charge is 0.278 e. The van der Waals surface area contributed by atoms with Crippen molar-refractivity contribution in [2.45, 2.75) is 6.92 Å². The van der Waals surface area contributed by atoms with E-state index in [1.807, 2.05) is 43.3 Å². The monoisotopic (exact) mass is 232 g/mol. The van der Waals surface area contributed by atoms with Crippen molar-refractivity contribution in [1.29, 1.82) is 0 Å². The zero-order valence-electron chi connectivity index (χ0n) is 9.07. The van der Waals surface area contributed by atoms with Crippen LogP contribution >= 0.6 is 11.6 Å². The molecule has 1 aliphatic heterocycles. The zero-order valence-corrected chi connectivity index (χ0v) is 9.83. The molecular formula is C13H13ClN2. The number of benzene rings is 1. The number of hydrogen-bond acceptors (Lipinski definition) is 2. The standard InChI is InChI=1S/C13H13ClN2/c1-9-8-12(14)10(2)16(15)13(9)11-6-4-3-5-7-11/h3-8H,2,15H2,1H3. The summed E-state index contributed by atoms with van der Waals surface area (Å²) in [6.07, 6.45) is 1.88. The predicted molar refractivity (Wildman–Crippen MR) is 68.1 cm³/mol. The molecule has 16 heavy (non-hydrogen) atoms. The third-order valence-electron chi connectivity index (χ3n) is 2.57. The maximum absolute atomic E-state index is 6.02. The molecule has 1 aromatic carbocycles. The second-order valence-corrected chi connectivity index (χ2v) is 4.11. The zero-order chi connectivity index (χ0) is 11.7. The highest BCUT2D eigenvalue weighted by Crippen LogP contribution is 2.33. The Labute approximate surface area is 100 Å². The van der Waals surface area contributed by atoms with E-state index in [9.17, 15) is 0 Å². The van der Waals surface area contributed by atoms with E-state index < -0.39 is 0 Å². The lowest BCUT2D eigenvalue weighted by atomic mass is 10.0. The molecule has 3 heteroatoms. The van der Waals surface area contributed by atoms with Crippen LogP contribution in [0.2, 0.25) is 0 Å². The molecule has 0 fully saturated rings. The van der Waals surface area contributed by atoms with E-state index in [0.717, 1.165) is 16.8 Å². The lowest BCUT2D eigenvalue weighted by Crippen LogP contribution is -2.31. The summed E-state index contributed by atoms with van der Waals surface area (Å²) in [6.45, 7) is 5.84. The second kappa shape index (κ2) is 4.16. The Bertz CT molecular complexity index is 486. The highest BCUT2D eigenvalue weighted by atomic mass is 35.5. The lowest BCUT2D eigenvalue weighted by molar-refractivity contribution is 0.527. The number of allylic oxidation sites excluding steroid dienone is 3. The fraction of sp³-hybridized carbons (Fsp3) is 0.0769. The molecule has 0 aromatic heterocycles. The van der Waals surface area contributed by atoms with E-state index in [1.165, 1.54) is 5.01 Å². The van der Waals surface area contributed by atoms with E-state index in [2.05, 4.69) is 6.58 Å². The molecule has 1 aromatic rings. The van der Waals surface area contributed by atoms with Gasteiger partial charge < -0.3 is 0 Å². The Morgan fingerprint density at radius 2 is 1.88 bits per heavy atom. The van der Waals surface area contributed by atoms with Crippen molar-refractivity contribution in [3.8, 4) is 0 Å². The summed E-state index contributed by atoms with van der Waals surface area (Å²) >= 11 is 6.02.